The minimum absolute atomic E-state index is 0. The van der Waals surface area contributed by atoms with Crippen molar-refractivity contribution in [2.75, 3.05) is 0 Å². The maximum absolute atomic E-state index is 3.57. The summed E-state index contributed by atoms with van der Waals surface area (Å²) in [7, 11) is 0. The van der Waals surface area contributed by atoms with E-state index in [4.69, 9.17) is 0 Å². The summed E-state index contributed by atoms with van der Waals surface area (Å²) in [4.78, 5) is 3.53. The molecule has 2 heterocycles. The molecular weight excluding hydrogens is 452 g/mol. The second-order valence-corrected chi connectivity index (χ2v) is 7.31. The number of nitrogens with one attached hydrogen (secondary N) is 1. The van der Waals surface area contributed by atoms with E-state index in [0.29, 0.717) is 0 Å². The van der Waals surface area contributed by atoms with Gasteiger partial charge in [-0.2, -0.15) is 4.57 Å². The van der Waals surface area contributed by atoms with Gasteiger partial charge in [-0.3, -0.25) is 0 Å². The molecule has 0 fully saturated rings. The Bertz CT molecular complexity index is 1240. The SMILES string of the molecule is Brc1ccc2[nH]c3c[n+](Cc4cccc5ccccc45)ccc3c2c1.[Br-]. The molecule has 4 heteroatoms. The number of benzene rings is 3. The zero-order chi connectivity index (χ0) is 16.8. The number of halogens is 2. The van der Waals surface area contributed by atoms with Gasteiger partial charge in [0.05, 0.1) is 0 Å². The van der Waals surface area contributed by atoms with E-state index in [9.17, 15) is 0 Å². The molecule has 0 spiro atoms. The first kappa shape index (κ1) is 17.3. The average Bonchev–Trinajstić information content (AvgIpc) is 2.99. The van der Waals surface area contributed by atoms with Gasteiger partial charge < -0.3 is 22.0 Å². The van der Waals surface area contributed by atoms with Crippen molar-refractivity contribution in [1.29, 1.82) is 0 Å². The molecule has 5 rings (SSSR count). The Kier molecular flexibility index (Phi) is 4.55. The Balaban J connectivity index is 0.00000168. The topological polar surface area (TPSA) is 19.7 Å². The van der Waals surface area contributed by atoms with Crippen molar-refractivity contribution in [3.8, 4) is 0 Å². The lowest BCUT2D eigenvalue weighted by Gasteiger charge is -2.03. The molecule has 1 N–H and O–H groups in total. The van der Waals surface area contributed by atoms with Crippen LogP contribution in [-0.2, 0) is 6.54 Å². The van der Waals surface area contributed by atoms with Crippen molar-refractivity contribution in [2.24, 2.45) is 0 Å². The van der Waals surface area contributed by atoms with Crippen LogP contribution in [0.2, 0.25) is 0 Å². The Morgan fingerprint density at radius 2 is 1.65 bits per heavy atom. The maximum Gasteiger partial charge on any atom is 0.193 e. The zero-order valence-corrected chi connectivity index (χ0v) is 17.1. The van der Waals surface area contributed by atoms with Gasteiger partial charge in [0.1, 0.15) is 5.52 Å². The number of fused-ring (bicyclic) bond motifs is 4. The van der Waals surface area contributed by atoms with E-state index >= 15 is 0 Å². The number of hydrogen-bond acceptors (Lipinski definition) is 0. The number of aromatic amines is 1. The van der Waals surface area contributed by atoms with E-state index in [1.165, 1.54) is 32.6 Å². The molecule has 128 valence electrons. The van der Waals surface area contributed by atoms with Crippen LogP contribution in [0.1, 0.15) is 5.56 Å². The summed E-state index contributed by atoms with van der Waals surface area (Å²) in [5.41, 5.74) is 3.67. The third kappa shape index (κ3) is 2.93. The summed E-state index contributed by atoms with van der Waals surface area (Å²) in [6.45, 7) is 0.857. The van der Waals surface area contributed by atoms with Crippen molar-refractivity contribution in [3.63, 3.8) is 0 Å². The van der Waals surface area contributed by atoms with Crippen molar-refractivity contribution in [2.45, 2.75) is 6.54 Å². The normalized spacial score (nSPS) is 11.1. The van der Waals surface area contributed by atoms with Crippen LogP contribution < -0.4 is 21.5 Å². The molecule has 0 aliphatic heterocycles. The predicted octanol–water partition coefficient (Wildman–Crippen LogP) is 2.58. The standard InChI is InChI=1S/C22H15BrN2.BrH/c23-17-8-9-21-20(12-17)19-10-11-25(14-22(19)24-21)13-16-6-3-5-15-4-1-2-7-18(15)16;/h1-12,14H,13H2;1H. The molecule has 0 unspecified atom stereocenters. The van der Waals surface area contributed by atoms with Gasteiger partial charge in [0.2, 0.25) is 0 Å². The molecule has 5 aromatic rings. The van der Waals surface area contributed by atoms with Gasteiger partial charge in [-0.25, -0.2) is 0 Å². The van der Waals surface area contributed by atoms with Crippen molar-refractivity contribution in [3.05, 3.63) is 89.2 Å². The van der Waals surface area contributed by atoms with Gasteiger partial charge in [-0.05, 0) is 29.0 Å². The molecule has 2 aromatic heterocycles. The highest BCUT2D eigenvalue weighted by Gasteiger charge is 2.11. The van der Waals surface area contributed by atoms with Crippen LogP contribution in [0, 0.1) is 0 Å². The average molecular weight is 468 g/mol. The van der Waals surface area contributed by atoms with E-state index < -0.39 is 0 Å². The fourth-order valence-corrected chi connectivity index (χ4v) is 3.95. The largest absolute Gasteiger partial charge is 1.00 e. The van der Waals surface area contributed by atoms with E-state index in [0.717, 1.165) is 16.5 Å². The monoisotopic (exact) mass is 466 g/mol. The second kappa shape index (κ2) is 6.86. The first-order valence-electron chi connectivity index (χ1n) is 8.35. The molecule has 0 radical (unpaired) electrons. The highest BCUT2D eigenvalue weighted by molar-refractivity contribution is 9.10. The van der Waals surface area contributed by atoms with Crippen LogP contribution in [0.5, 0.6) is 0 Å². The third-order valence-electron chi connectivity index (χ3n) is 4.79. The van der Waals surface area contributed by atoms with Gasteiger partial charge >= 0.3 is 0 Å². The molecule has 3 aromatic carbocycles. The minimum Gasteiger partial charge on any atom is -1.00 e. The second-order valence-electron chi connectivity index (χ2n) is 6.40. The number of H-pyrrole nitrogens is 1. The maximum atomic E-state index is 3.57. The third-order valence-corrected chi connectivity index (χ3v) is 5.29. The molecule has 0 bridgehead atoms. The summed E-state index contributed by atoms with van der Waals surface area (Å²) < 4.78 is 3.35. The molecule has 0 saturated carbocycles. The molecule has 0 saturated heterocycles. The Labute approximate surface area is 170 Å². The Hall–Kier alpha value is -2.17. The van der Waals surface area contributed by atoms with Gasteiger partial charge in [-0.15, -0.1) is 0 Å². The van der Waals surface area contributed by atoms with Gasteiger partial charge in [-0.1, -0.05) is 58.4 Å². The first-order valence-corrected chi connectivity index (χ1v) is 9.14. The lowest BCUT2D eigenvalue weighted by Crippen LogP contribution is -3.00. The molecule has 2 nitrogen and oxygen atoms in total. The van der Waals surface area contributed by atoms with Crippen LogP contribution >= 0.6 is 15.9 Å². The van der Waals surface area contributed by atoms with Crippen LogP contribution in [0.3, 0.4) is 0 Å². The molecular formula is C22H16Br2N2. The van der Waals surface area contributed by atoms with E-state index in [2.05, 4.69) is 105 Å². The van der Waals surface area contributed by atoms with Crippen molar-refractivity contribution in [1.82, 2.24) is 4.98 Å². The summed E-state index contributed by atoms with van der Waals surface area (Å²) in [6, 6.07) is 23.6. The lowest BCUT2D eigenvalue weighted by atomic mass is 10.0. The molecule has 0 aliphatic carbocycles. The summed E-state index contributed by atoms with van der Waals surface area (Å²) >= 11 is 3.57. The highest BCUT2D eigenvalue weighted by Crippen LogP contribution is 2.27. The van der Waals surface area contributed by atoms with Crippen molar-refractivity contribution < 1.29 is 21.5 Å². The molecule has 0 amide bonds. The lowest BCUT2D eigenvalue weighted by molar-refractivity contribution is -0.686. The van der Waals surface area contributed by atoms with E-state index in [1.807, 2.05) is 0 Å². The summed E-state index contributed by atoms with van der Waals surface area (Å²) in [5.74, 6) is 0. The zero-order valence-electron chi connectivity index (χ0n) is 13.9. The van der Waals surface area contributed by atoms with Gasteiger partial charge in [0, 0.05) is 32.4 Å². The summed E-state index contributed by atoms with van der Waals surface area (Å²) in [5, 5.41) is 5.11. The van der Waals surface area contributed by atoms with Crippen LogP contribution in [0.15, 0.2) is 83.6 Å². The Morgan fingerprint density at radius 1 is 0.808 bits per heavy atom. The fraction of sp³-hybridized carbons (Fsp3) is 0.0455. The van der Waals surface area contributed by atoms with Gasteiger partial charge in [0.25, 0.3) is 0 Å². The first-order chi connectivity index (χ1) is 12.3. The van der Waals surface area contributed by atoms with Crippen LogP contribution in [0.25, 0.3) is 32.6 Å². The number of hydrogen-bond donors (Lipinski definition) is 1. The van der Waals surface area contributed by atoms with Gasteiger partial charge in [0.15, 0.2) is 18.9 Å². The van der Waals surface area contributed by atoms with E-state index in [-0.39, 0.29) is 17.0 Å². The number of nitrogens with zero attached hydrogens (tertiary/aromatic N) is 1. The predicted molar refractivity (Wildman–Crippen MR) is 107 cm³/mol. The molecule has 26 heavy (non-hydrogen) atoms. The number of rotatable bonds is 2. The Morgan fingerprint density at radius 3 is 2.58 bits per heavy atom. The van der Waals surface area contributed by atoms with E-state index in [1.54, 1.807) is 0 Å². The molecule has 0 aliphatic rings. The highest BCUT2D eigenvalue weighted by atomic mass is 79.9. The van der Waals surface area contributed by atoms with Crippen molar-refractivity contribution >= 4 is 48.5 Å². The quantitative estimate of drug-likeness (QED) is 0.385. The number of pyridine rings is 1. The molecule has 0 atom stereocenters. The number of aromatic nitrogens is 2. The van der Waals surface area contributed by atoms with Crippen LogP contribution in [-0.4, -0.2) is 4.98 Å². The smallest absolute Gasteiger partial charge is 0.193 e. The minimum atomic E-state index is 0. The summed E-state index contributed by atoms with van der Waals surface area (Å²) in [6.07, 6.45) is 4.36. The fourth-order valence-electron chi connectivity index (χ4n) is 3.59. The van der Waals surface area contributed by atoms with Crippen LogP contribution in [0.4, 0.5) is 0 Å².